The summed E-state index contributed by atoms with van der Waals surface area (Å²) < 4.78 is 8.13. The van der Waals surface area contributed by atoms with E-state index in [0.29, 0.717) is 35.2 Å². The number of hydrogen-bond donors (Lipinski definition) is 1. The maximum atomic E-state index is 13.1. The van der Waals surface area contributed by atoms with Crippen molar-refractivity contribution in [2.75, 3.05) is 6.54 Å². The van der Waals surface area contributed by atoms with Crippen LogP contribution in [0.15, 0.2) is 48.4 Å². The van der Waals surface area contributed by atoms with Crippen molar-refractivity contribution in [3.8, 4) is 11.5 Å². The highest BCUT2D eigenvalue weighted by molar-refractivity contribution is 6.15. The number of likely N-dealkylation sites (tertiary alicyclic amines) is 1. The smallest absolute Gasteiger partial charge is 0.231 e. The highest BCUT2D eigenvalue weighted by Crippen LogP contribution is 2.41. The van der Waals surface area contributed by atoms with Crippen LogP contribution in [0.2, 0.25) is 0 Å². The lowest BCUT2D eigenvalue weighted by Crippen LogP contribution is -2.36. The molecule has 2 aliphatic rings. The third kappa shape index (κ3) is 3.10. The van der Waals surface area contributed by atoms with Gasteiger partial charge in [0.1, 0.15) is 11.5 Å². The molecule has 2 aliphatic heterocycles. The number of aromatic hydroxyl groups is 1. The second kappa shape index (κ2) is 7.33. The molecule has 1 aromatic heterocycles. The zero-order valence-corrected chi connectivity index (χ0v) is 17.4. The molecule has 5 heteroatoms. The average Bonchev–Trinajstić information content (AvgIpc) is 3.23. The van der Waals surface area contributed by atoms with Crippen molar-refractivity contribution in [1.29, 1.82) is 0 Å². The van der Waals surface area contributed by atoms with Gasteiger partial charge in [-0.3, -0.25) is 9.69 Å². The molecule has 1 saturated heterocycles. The minimum Gasteiger partial charge on any atom is -0.507 e. The van der Waals surface area contributed by atoms with Crippen LogP contribution in [0.1, 0.15) is 47.7 Å². The number of carbonyl (C=O) groups is 1. The van der Waals surface area contributed by atoms with E-state index >= 15 is 0 Å². The molecule has 0 bridgehead atoms. The zero-order valence-electron chi connectivity index (χ0n) is 17.4. The van der Waals surface area contributed by atoms with Crippen LogP contribution in [0.5, 0.6) is 11.5 Å². The molecule has 0 unspecified atom stereocenters. The maximum absolute atomic E-state index is 13.1. The van der Waals surface area contributed by atoms with Crippen molar-refractivity contribution in [1.82, 2.24) is 9.47 Å². The first kappa shape index (κ1) is 18.9. The van der Waals surface area contributed by atoms with Gasteiger partial charge in [0.15, 0.2) is 5.76 Å². The summed E-state index contributed by atoms with van der Waals surface area (Å²) in [5.41, 5.74) is 3.28. The van der Waals surface area contributed by atoms with E-state index in [1.54, 1.807) is 12.1 Å². The van der Waals surface area contributed by atoms with Crippen molar-refractivity contribution in [2.45, 2.75) is 38.8 Å². The SMILES string of the molecule is C[C@@H]1CCCCN1Cc1c(O)ccc2c1O/C(=C/c1cn(C)c3ccccc13)C2=O. The largest absolute Gasteiger partial charge is 0.507 e. The minimum absolute atomic E-state index is 0.133. The number of aryl methyl sites for hydroxylation is 1. The standard InChI is InChI=1S/C25H26N2O3/c1-16-7-5-6-12-27(16)15-20-22(28)11-10-19-24(29)23(30-25(19)20)13-17-14-26(2)21-9-4-3-8-18(17)21/h3-4,8-11,13-14,16,28H,5-7,12,15H2,1-2H3/b23-13+/t16-/m1/s1. The summed E-state index contributed by atoms with van der Waals surface area (Å²) in [6.07, 6.45) is 7.37. The number of rotatable bonds is 3. The quantitative estimate of drug-likeness (QED) is 0.635. The lowest BCUT2D eigenvalue weighted by molar-refractivity contribution is 0.101. The summed E-state index contributed by atoms with van der Waals surface area (Å²) in [6.45, 7) is 3.80. The predicted molar refractivity (Wildman–Crippen MR) is 118 cm³/mol. The third-order valence-electron chi connectivity index (χ3n) is 6.43. The van der Waals surface area contributed by atoms with Crippen LogP contribution in [0.25, 0.3) is 17.0 Å². The Morgan fingerprint density at radius 1 is 1.20 bits per heavy atom. The number of phenolic OH excluding ortho intramolecular Hbond substituents is 1. The number of fused-ring (bicyclic) bond motifs is 2. The van der Waals surface area contributed by atoms with Crippen molar-refractivity contribution >= 4 is 22.8 Å². The fourth-order valence-corrected chi connectivity index (χ4v) is 4.67. The van der Waals surface area contributed by atoms with Gasteiger partial charge in [-0.05, 0) is 50.6 Å². The van der Waals surface area contributed by atoms with E-state index in [4.69, 9.17) is 4.74 Å². The number of nitrogens with zero attached hydrogens (tertiary/aromatic N) is 2. The highest BCUT2D eigenvalue weighted by atomic mass is 16.5. The number of piperidine rings is 1. The van der Waals surface area contributed by atoms with Gasteiger partial charge < -0.3 is 14.4 Å². The van der Waals surface area contributed by atoms with Crippen molar-refractivity contribution in [2.24, 2.45) is 7.05 Å². The van der Waals surface area contributed by atoms with Gasteiger partial charge in [-0.15, -0.1) is 0 Å². The van der Waals surface area contributed by atoms with Gasteiger partial charge in [-0.2, -0.15) is 0 Å². The van der Waals surface area contributed by atoms with Crippen molar-refractivity contribution in [3.05, 3.63) is 65.0 Å². The van der Waals surface area contributed by atoms with E-state index in [1.165, 1.54) is 6.42 Å². The Morgan fingerprint density at radius 3 is 2.87 bits per heavy atom. The van der Waals surface area contributed by atoms with Gasteiger partial charge in [0.05, 0.1) is 11.1 Å². The number of carbonyl (C=O) groups excluding carboxylic acids is 1. The molecule has 5 rings (SSSR count). The molecule has 3 heterocycles. The average molecular weight is 402 g/mol. The molecule has 0 aliphatic carbocycles. The monoisotopic (exact) mass is 402 g/mol. The Kier molecular flexibility index (Phi) is 4.63. The molecule has 1 fully saturated rings. The number of ketones is 1. The Morgan fingerprint density at radius 2 is 2.03 bits per heavy atom. The van der Waals surface area contributed by atoms with Crippen LogP contribution in [-0.4, -0.2) is 32.9 Å². The lowest BCUT2D eigenvalue weighted by atomic mass is 10.0. The number of hydrogen-bond acceptors (Lipinski definition) is 4. The first-order chi connectivity index (χ1) is 14.5. The van der Waals surface area contributed by atoms with Gasteiger partial charge in [-0.25, -0.2) is 0 Å². The van der Waals surface area contributed by atoms with Crippen LogP contribution in [0.4, 0.5) is 0 Å². The molecule has 30 heavy (non-hydrogen) atoms. The molecule has 0 amide bonds. The minimum atomic E-state index is -0.133. The van der Waals surface area contributed by atoms with E-state index in [2.05, 4.69) is 17.9 Å². The maximum Gasteiger partial charge on any atom is 0.231 e. The first-order valence-electron chi connectivity index (χ1n) is 10.6. The second-order valence-corrected chi connectivity index (χ2v) is 8.41. The molecule has 154 valence electrons. The lowest BCUT2D eigenvalue weighted by Gasteiger charge is -2.33. The fraction of sp³-hybridized carbons (Fsp3) is 0.320. The second-order valence-electron chi connectivity index (χ2n) is 8.41. The summed E-state index contributed by atoms with van der Waals surface area (Å²) in [7, 11) is 1.99. The molecule has 0 saturated carbocycles. The first-order valence-corrected chi connectivity index (χ1v) is 10.6. The fourth-order valence-electron chi connectivity index (χ4n) is 4.67. The van der Waals surface area contributed by atoms with Gasteiger partial charge >= 0.3 is 0 Å². The Hall–Kier alpha value is -3.05. The molecule has 3 aromatic rings. The van der Waals surface area contributed by atoms with E-state index in [1.807, 2.05) is 42.1 Å². The molecular weight excluding hydrogens is 376 g/mol. The van der Waals surface area contributed by atoms with Crippen LogP contribution in [0, 0.1) is 0 Å². The Bertz CT molecular complexity index is 1170. The van der Waals surface area contributed by atoms with Crippen LogP contribution in [-0.2, 0) is 13.6 Å². The summed E-state index contributed by atoms with van der Waals surface area (Å²) in [5.74, 6) is 0.862. The molecule has 5 nitrogen and oxygen atoms in total. The molecule has 1 atom stereocenters. The molecule has 1 N–H and O–H groups in total. The number of phenols is 1. The number of aromatic nitrogens is 1. The number of benzene rings is 2. The summed E-state index contributed by atoms with van der Waals surface area (Å²) in [4.78, 5) is 15.4. The zero-order chi connectivity index (χ0) is 20.8. The Balaban J connectivity index is 1.52. The number of ether oxygens (including phenoxy) is 1. The van der Waals surface area contributed by atoms with Gasteiger partial charge in [0, 0.05) is 42.3 Å². The number of allylic oxidation sites excluding steroid dienone is 1. The van der Waals surface area contributed by atoms with Crippen molar-refractivity contribution in [3.63, 3.8) is 0 Å². The van der Waals surface area contributed by atoms with Crippen LogP contribution in [0.3, 0.4) is 0 Å². The van der Waals surface area contributed by atoms with Crippen LogP contribution < -0.4 is 4.74 Å². The molecular formula is C25H26N2O3. The van der Waals surface area contributed by atoms with Gasteiger partial charge in [0.2, 0.25) is 5.78 Å². The topological polar surface area (TPSA) is 54.7 Å². The molecule has 0 radical (unpaired) electrons. The summed E-state index contributed by atoms with van der Waals surface area (Å²) in [6, 6.07) is 11.8. The third-order valence-corrected chi connectivity index (χ3v) is 6.43. The van der Waals surface area contributed by atoms with Crippen LogP contribution >= 0.6 is 0 Å². The van der Waals surface area contributed by atoms with Crippen molar-refractivity contribution < 1.29 is 14.6 Å². The van der Waals surface area contributed by atoms with E-state index in [0.717, 1.165) is 35.9 Å². The normalized spacial score (nSPS) is 20.7. The number of Topliss-reactive ketones (excluding diaryl/α,β-unsaturated/α-hetero) is 1. The molecule has 0 spiro atoms. The van der Waals surface area contributed by atoms with E-state index in [9.17, 15) is 9.90 Å². The Labute approximate surface area is 176 Å². The van der Waals surface area contributed by atoms with Gasteiger partial charge in [0.25, 0.3) is 0 Å². The predicted octanol–water partition coefficient (Wildman–Crippen LogP) is 4.87. The summed E-state index contributed by atoms with van der Waals surface area (Å²) >= 11 is 0. The van der Waals surface area contributed by atoms with Gasteiger partial charge in [-0.1, -0.05) is 24.6 Å². The number of para-hydroxylation sites is 1. The van der Waals surface area contributed by atoms with E-state index < -0.39 is 0 Å². The highest BCUT2D eigenvalue weighted by Gasteiger charge is 2.32. The van der Waals surface area contributed by atoms with E-state index in [-0.39, 0.29) is 11.5 Å². The molecule has 2 aromatic carbocycles. The summed E-state index contributed by atoms with van der Waals surface area (Å²) in [5, 5.41) is 11.6.